The fourth-order valence-corrected chi connectivity index (χ4v) is 2.42. The highest BCUT2D eigenvalue weighted by Gasteiger charge is 2.13. The molecule has 1 atom stereocenters. The van der Waals surface area contributed by atoms with E-state index in [0.717, 1.165) is 0 Å². The van der Waals surface area contributed by atoms with Crippen LogP contribution in [-0.4, -0.2) is 34.9 Å². The number of carboxylic acid groups (broad SMARTS) is 1. The van der Waals surface area contributed by atoms with Gasteiger partial charge in [-0.2, -0.15) is 0 Å². The van der Waals surface area contributed by atoms with E-state index in [4.69, 9.17) is 10.2 Å². The topological polar surface area (TPSA) is 98.7 Å². The summed E-state index contributed by atoms with van der Waals surface area (Å²) in [6.45, 7) is 0.0569. The highest BCUT2D eigenvalue weighted by atomic mass is 79.9. The molecule has 1 aromatic carbocycles. The van der Waals surface area contributed by atoms with Gasteiger partial charge in [-0.25, -0.2) is 9.59 Å². The summed E-state index contributed by atoms with van der Waals surface area (Å²) in [7, 11) is 0. The second-order valence-electron chi connectivity index (χ2n) is 3.62. The molecule has 4 N–H and O–H groups in total. The number of carbonyl (C=O) groups is 2. The van der Waals surface area contributed by atoms with Gasteiger partial charge in [0.2, 0.25) is 0 Å². The Hall–Kier alpha value is -1.12. The molecule has 0 aliphatic carbocycles. The number of amides is 2. The van der Waals surface area contributed by atoms with Gasteiger partial charge in [-0.3, -0.25) is 0 Å². The molecule has 0 aromatic heterocycles. The molecule has 104 valence electrons. The molecular formula is C11H12Br2N2O4. The number of aliphatic hydroxyl groups excluding tert-OH is 1. The van der Waals surface area contributed by atoms with Crippen LogP contribution in [0.25, 0.3) is 0 Å². The summed E-state index contributed by atoms with van der Waals surface area (Å²) in [5.74, 6) is -1.31. The summed E-state index contributed by atoms with van der Waals surface area (Å²) in [5.41, 5.74) is 0.568. The van der Waals surface area contributed by atoms with Crippen molar-refractivity contribution in [3.8, 4) is 0 Å². The fourth-order valence-electron chi connectivity index (χ4n) is 1.22. The molecule has 6 nitrogen and oxygen atoms in total. The summed E-state index contributed by atoms with van der Waals surface area (Å²) in [6, 6.07) is 4.87. The van der Waals surface area contributed by atoms with Crippen molar-refractivity contribution in [2.24, 2.45) is 0 Å². The van der Waals surface area contributed by atoms with Crippen molar-refractivity contribution in [1.29, 1.82) is 0 Å². The van der Waals surface area contributed by atoms with E-state index in [1.54, 1.807) is 18.2 Å². The van der Waals surface area contributed by atoms with Crippen molar-refractivity contribution in [3.63, 3.8) is 0 Å². The highest BCUT2D eigenvalue weighted by molar-refractivity contribution is 9.11. The molecular weight excluding hydrogens is 384 g/mol. The number of rotatable bonds is 5. The van der Waals surface area contributed by atoms with Gasteiger partial charge < -0.3 is 20.8 Å². The number of carboxylic acids is 1. The Balaban J connectivity index is 2.46. The van der Waals surface area contributed by atoms with Gasteiger partial charge in [-0.15, -0.1) is 0 Å². The zero-order chi connectivity index (χ0) is 14.4. The van der Waals surface area contributed by atoms with Crippen LogP contribution in [0.2, 0.25) is 0 Å². The zero-order valence-corrected chi connectivity index (χ0v) is 12.9. The monoisotopic (exact) mass is 394 g/mol. The molecule has 19 heavy (non-hydrogen) atoms. The second kappa shape index (κ2) is 7.46. The number of hydrogen-bond donors (Lipinski definition) is 4. The quantitative estimate of drug-likeness (QED) is 0.613. The number of anilines is 1. The highest BCUT2D eigenvalue weighted by Crippen LogP contribution is 2.30. The number of aliphatic hydroxyl groups is 1. The van der Waals surface area contributed by atoms with Crippen LogP contribution in [0.1, 0.15) is 6.42 Å². The molecule has 8 heteroatoms. The van der Waals surface area contributed by atoms with Gasteiger partial charge in [0.25, 0.3) is 0 Å². The van der Waals surface area contributed by atoms with Crippen LogP contribution in [0.15, 0.2) is 27.1 Å². The van der Waals surface area contributed by atoms with Gasteiger partial charge in [0.1, 0.15) is 0 Å². The molecule has 0 saturated carbocycles. The van der Waals surface area contributed by atoms with Gasteiger partial charge in [-0.05, 0) is 44.0 Å². The normalized spacial score (nSPS) is 11.7. The van der Waals surface area contributed by atoms with Crippen molar-refractivity contribution in [2.45, 2.75) is 12.5 Å². The number of urea groups is 1. The zero-order valence-electron chi connectivity index (χ0n) is 9.69. The Kier molecular flexibility index (Phi) is 6.26. The minimum Gasteiger partial charge on any atom is -0.479 e. The first-order valence-electron chi connectivity index (χ1n) is 5.31. The van der Waals surface area contributed by atoms with Crippen LogP contribution < -0.4 is 10.6 Å². The van der Waals surface area contributed by atoms with E-state index in [1.807, 2.05) is 0 Å². The predicted octanol–water partition coefficient (Wildman–Crippen LogP) is 2.17. The number of carbonyl (C=O) groups excluding carboxylic acids is 1. The summed E-state index contributed by atoms with van der Waals surface area (Å²) < 4.78 is 1.42. The molecule has 2 amide bonds. The van der Waals surface area contributed by atoms with E-state index >= 15 is 0 Å². The summed E-state index contributed by atoms with van der Waals surface area (Å²) in [5, 5.41) is 22.6. The number of nitrogens with one attached hydrogen (secondary N) is 2. The number of aliphatic carboxylic acids is 1. The van der Waals surface area contributed by atoms with Crippen LogP contribution in [0.5, 0.6) is 0 Å². The Morgan fingerprint density at radius 2 is 1.84 bits per heavy atom. The van der Waals surface area contributed by atoms with E-state index in [0.29, 0.717) is 14.6 Å². The molecule has 0 radical (unpaired) electrons. The Morgan fingerprint density at radius 3 is 2.37 bits per heavy atom. The molecule has 0 aliphatic heterocycles. The van der Waals surface area contributed by atoms with Gasteiger partial charge in [0.15, 0.2) is 6.10 Å². The SMILES string of the molecule is O=C(NCCC(O)C(=O)O)Nc1c(Br)cccc1Br. The average molecular weight is 396 g/mol. The lowest BCUT2D eigenvalue weighted by molar-refractivity contribution is -0.146. The molecule has 0 aliphatic rings. The second-order valence-corrected chi connectivity index (χ2v) is 5.33. The number of para-hydroxylation sites is 1. The average Bonchev–Trinajstić information content (AvgIpc) is 2.33. The molecule has 1 unspecified atom stereocenters. The molecule has 0 heterocycles. The van der Waals surface area contributed by atoms with Crippen molar-refractivity contribution in [3.05, 3.63) is 27.1 Å². The van der Waals surface area contributed by atoms with Crippen LogP contribution in [-0.2, 0) is 4.79 Å². The Morgan fingerprint density at radius 1 is 1.26 bits per heavy atom. The van der Waals surface area contributed by atoms with E-state index in [2.05, 4.69) is 42.5 Å². The van der Waals surface area contributed by atoms with Crippen LogP contribution >= 0.6 is 31.9 Å². The number of benzene rings is 1. The lowest BCUT2D eigenvalue weighted by Gasteiger charge is -2.11. The summed E-state index contributed by atoms with van der Waals surface area (Å²) in [6.07, 6.45) is -1.53. The molecule has 0 bridgehead atoms. The van der Waals surface area contributed by atoms with E-state index in [9.17, 15) is 9.59 Å². The largest absolute Gasteiger partial charge is 0.479 e. The molecule has 1 aromatic rings. The first-order chi connectivity index (χ1) is 8.91. The minimum absolute atomic E-state index is 0.0557. The fraction of sp³-hybridized carbons (Fsp3) is 0.273. The number of halogens is 2. The maximum atomic E-state index is 11.6. The van der Waals surface area contributed by atoms with E-state index in [-0.39, 0.29) is 13.0 Å². The summed E-state index contributed by atoms with van der Waals surface area (Å²) >= 11 is 6.59. The molecule has 0 spiro atoms. The van der Waals surface area contributed by atoms with Gasteiger partial charge in [0.05, 0.1) is 5.69 Å². The predicted molar refractivity (Wildman–Crippen MR) is 77.1 cm³/mol. The third-order valence-electron chi connectivity index (χ3n) is 2.19. The molecule has 0 fully saturated rings. The molecule has 0 saturated heterocycles. The van der Waals surface area contributed by atoms with E-state index in [1.165, 1.54) is 0 Å². The standard InChI is InChI=1S/C11H12Br2N2O4/c12-6-2-1-3-7(13)9(6)15-11(19)14-5-4-8(16)10(17)18/h1-3,8,16H,4-5H2,(H,17,18)(H2,14,15,19). The Labute approximate surface area is 126 Å². The molecule has 1 rings (SSSR count). The van der Waals surface area contributed by atoms with E-state index < -0.39 is 18.1 Å². The third kappa shape index (κ3) is 5.17. The van der Waals surface area contributed by atoms with Crippen molar-refractivity contribution < 1.29 is 19.8 Å². The maximum absolute atomic E-state index is 11.6. The minimum atomic E-state index is -1.48. The van der Waals surface area contributed by atoms with Gasteiger partial charge in [-0.1, -0.05) is 6.07 Å². The number of hydrogen-bond acceptors (Lipinski definition) is 3. The first-order valence-corrected chi connectivity index (χ1v) is 6.90. The van der Waals surface area contributed by atoms with Crippen molar-refractivity contribution >= 4 is 49.5 Å². The van der Waals surface area contributed by atoms with Gasteiger partial charge >= 0.3 is 12.0 Å². The Bertz CT molecular complexity index is 462. The van der Waals surface area contributed by atoms with Crippen LogP contribution in [0.3, 0.4) is 0 Å². The summed E-state index contributed by atoms with van der Waals surface area (Å²) in [4.78, 5) is 21.9. The van der Waals surface area contributed by atoms with Crippen molar-refractivity contribution in [2.75, 3.05) is 11.9 Å². The van der Waals surface area contributed by atoms with Crippen LogP contribution in [0, 0.1) is 0 Å². The smallest absolute Gasteiger partial charge is 0.332 e. The maximum Gasteiger partial charge on any atom is 0.332 e. The third-order valence-corrected chi connectivity index (χ3v) is 3.51. The van der Waals surface area contributed by atoms with Crippen molar-refractivity contribution in [1.82, 2.24) is 5.32 Å². The first kappa shape index (κ1) is 15.9. The van der Waals surface area contributed by atoms with Crippen LogP contribution in [0.4, 0.5) is 10.5 Å². The lowest BCUT2D eigenvalue weighted by atomic mass is 10.2. The van der Waals surface area contributed by atoms with Gasteiger partial charge in [0, 0.05) is 21.9 Å². The lowest BCUT2D eigenvalue weighted by Crippen LogP contribution is -2.33.